The summed E-state index contributed by atoms with van der Waals surface area (Å²) >= 11 is 0. The highest BCUT2D eigenvalue weighted by Gasteiger charge is 2.03. The summed E-state index contributed by atoms with van der Waals surface area (Å²) in [5, 5.41) is 0. The van der Waals surface area contributed by atoms with Crippen LogP contribution >= 0.6 is 0 Å². The fourth-order valence-electron chi connectivity index (χ4n) is 2.30. The summed E-state index contributed by atoms with van der Waals surface area (Å²) < 4.78 is 0. The maximum atomic E-state index is 2.35. The number of hydrogen-bond acceptors (Lipinski definition) is 0. The first-order valence-electron chi connectivity index (χ1n) is 6.02. The molecule has 0 nitrogen and oxygen atoms in total. The lowest BCUT2D eigenvalue weighted by Gasteiger charge is -2.13. The molecule has 0 atom stereocenters. The van der Waals surface area contributed by atoms with E-state index in [-0.39, 0.29) is 0 Å². The minimum Gasteiger partial charge on any atom is -0.0741 e. The van der Waals surface area contributed by atoms with Crippen molar-refractivity contribution in [3.8, 4) is 0 Å². The molecule has 0 heterocycles. The first-order chi connectivity index (χ1) is 6.34. The summed E-state index contributed by atoms with van der Waals surface area (Å²) in [5.41, 5.74) is 3.45. The van der Waals surface area contributed by atoms with Gasteiger partial charge in [0.05, 0.1) is 0 Å². The molecule has 0 aromatic carbocycles. The van der Waals surface area contributed by atoms with Gasteiger partial charge in [0.2, 0.25) is 0 Å². The summed E-state index contributed by atoms with van der Waals surface area (Å²) in [5.74, 6) is 0. The second kappa shape index (κ2) is 6.23. The number of allylic oxidation sites excluding steroid dienone is 2. The molecule has 0 radical (unpaired) electrons. The first-order valence-corrected chi connectivity index (χ1v) is 6.02. The van der Waals surface area contributed by atoms with Gasteiger partial charge in [0, 0.05) is 0 Å². The lowest BCUT2D eigenvalue weighted by Crippen LogP contribution is -1.92. The van der Waals surface area contributed by atoms with E-state index in [1.54, 1.807) is 11.1 Å². The molecule has 0 aromatic heterocycles. The van der Waals surface area contributed by atoms with Crippen LogP contribution in [-0.4, -0.2) is 0 Å². The second-order valence-corrected chi connectivity index (χ2v) is 4.36. The molecule has 76 valence electrons. The molecule has 1 aliphatic carbocycles. The summed E-state index contributed by atoms with van der Waals surface area (Å²) in [6.07, 6.45) is 12.7. The Balaban J connectivity index is 2.50. The third-order valence-electron chi connectivity index (χ3n) is 3.31. The SMILES string of the molecule is CC/C1=C(\C)CCCCCCCC1. The normalized spacial score (nSPS) is 27.2. The van der Waals surface area contributed by atoms with E-state index < -0.39 is 0 Å². The average Bonchev–Trinajstić information content (AvgIpc) is 2.16. The largest absolute Gasteiger partial charge is 0.0741 e. The summed E-state index contributed by atoms with van der Waals surface area (Å²) in [6.45, 7) is 4.66. The van der Waals surface area contributed by atoms with Crippen LogP contribution in [-0.2, 0) is 0 Å². The van der Waals surface area contributed by atoms with Crippen molar-refractivity contribution in [3.63, 3.8) is 0 Å². The van der Waals surface area contributed by atoms with Crippen LogP contribution in [0.15, 0.2) is 11.1 Å². The van der Waals surface area contributed by atoms with Gasteiger partial charge in [-0.3, -0.25) is 0 Å². The van der Waals surface area contributed by atoms with Crippen LogP contribution in [0.25, 0.3) is 0 Å². The Morgan fingerprint density at radius 1 is 0.846 bits per heavy atom. The van der Waals surface area contributed by atoms with Crippen LogP contribution in [0, 0.1) is 0 Å². The van der Waals surface area contributed by atoms with Crippen molar-refractivity contribution < 1.29 is 0 Å². The molecule has 0 N–H and O–H groups in total. The molecule has 0 saturated heterocycles. The van der Waals surface area contributed by atoms with E-state index in [1.165, 1.54) is 57.8 Å². The predicted octanol–water partition coefficient (Wildman–Crippen LogP) is 4.85. The Hall–Kier alpha value is -0.260. The minimum absolute atomic E-state index is 1.28. The zero-order chi connectivity index (χ0) is 9.52. The lowest BCUT2D eigenvalue weighted by atomic mass is 9.94. The summed E-state index contributed by atoms with van der Waals surface area (Å²) in [6, 6.07) is 0. The smallest absolute Gasteiger partial charge is 0.0318 e. The highest BCUT2D eigenvalue weighted by molar-refractivity contribution is 5.11. The van der Waals surface area contributed by atoms with E-state index in [2.05, 4.69) is 13.8 Å². The number of hydrogen-bond donors (Lipinski definition) is 0. The van der Waals surface area contributed by atoms with Crippen molar-refractivity contribution in [3.05, 3.63) is 11.1 Å². The third kappa shape index (κ3) is 3.97. The molecule has 0 spiro atoms. The zero-order valence-corrected chi connectivity index (χ0v) is 9.36. The van der Waals surface area contributed by atoms with Crippen molar-refractivity contribution in [1.82, 2.24) is 0 Å². The van der Waals surface area contributed by atoms with Gasteiger partial charge in [0.15, 0.2) is 0 Å². The molecule has 0 fully saturated rings. The third-order valence-corrected chi connectivity index (χ3v) is 3.31. The van der Waals surface area contributed by atoms with Crippen LogP contribution in [0.4, 0.5) is 0 Å². The van der Waals surface area contributed by atoms with E-state index in [0.717, 1.165) is 0 Å². The standard InChI is InChI=1S/C13H24/c1-3-13-11-9-7-5-4-6-8-10-12(13)2/h3-11H2,1-2H3/b13-12-. The summed E-state index contributed by atoms with van der Waals surface area (Å²) in [4.78, 5) is 0. The summed E-state index contributed by atoms with van der Waals surface area (Å²) in [7, 11) is 0. The molecule has 0 saturated carbocycles. The van der Waals surface area contributed by atoms with E-state index in [9.17, 15) is 0 Å². The van der Waals surface area contributed by atoms with E-state index in [0.29, 0.717) is 0 Å². The zero-order valence-electron chi connectivity index (χ0n) is 9.36. The molecule has 13 heavy (non-hydrogen) atoms. The highest BCUT2D eigenvalue weighted by Crippen LogP contribution is 2.23. The van der Waals surface area contributed by atoms with Gasteiger partial charge in [-0.25, -0.2) is 0 Å². The fourth-order valence-corrected chi connectivity index (χ4v) is 2.30. The Bertz CT molecular complexity index is 165. The molecule has 0 unspecified atom stereocenters. The Morgan fingerprint density at radius 2 is 1.38 bits per heavy atom. The molecular weight excluding hydrogens is 156 g/mol. The maximum Gasteiger partial charge on any atom is -0.0318 e. The highest BCUT2D eigenvalue weighted by atomic mass is 14.1. The van der Waals surface area contributed by atoms with Crippen LogP contribution < -0.4 is 0 Å². The molecule has 1 aliphatic rings. The molecule has 1 rings (SSSR count). The molecular formula is C13H24. The van der Waals surface area contributed by atoms with E-state index in [4.69, 9.17) is 0 Å². The van der Waals surface area contributed by atoms with Crippen molar-refractivity contribution in [2.75, 3.05) is 0 Å². The van der Waals surface area contributed by atoms with Gasteiger partial charge in [-0.1, -0.05) is 43.8 Å². The minimum atomic E-state index is 1.28. The molecule has 0 aliphatic heterocycles. The van der Waals surface area contributed by atoms with Gasteiger partial charge >= 0.3 is 0 Å². The second-order valence-electron chi connectivity index (χ2n) is 4.36. The molecule has 0 bridgehead atoms. The molecule has 0 aromatic rings. The van der Waals surface area contributed by atoms with Gasteiger partial charge in [-0.15, -0.1) is 0 Å². The van der Waals surface area contributed by atoms with Gasteiger partial charge in [0.25, 0.3) is 0 Å². The molecule has 0 heteroatoms. The van der Waals surface area contributed by atoms with Crippen molar-refractivity contribution >= 4 is 0 Å². The Morgan fingerprint density at radius 3 is 2.00 bits per heavy atom. The van der Waals surface area contributed by atoms with Gasteiger partial charge in [0.1, 0.15) is 0 Å². The predicted molar refractivity (Wildman–Crippen MR) is 59.9 cm³/mol. The van der Waals surface area contributed by atoms with Gasteiger partial charge < -0.3 is 0 Å². The average molecular weight is 180 g/mol. The van der Waals surface area contributed by atoms with E-state index >= 15 is 0 Å². The van der Waals surface area contributed by atoms with Crippen LogP contribution in [0.1, 0.15) is 71.6 Å². The Kier molecular flexibility index (Phi) is 5.19. The van der Waals surface area contributed by atoms with Crippen molar-refractivity contribution in [1.29, 1.82) is 0 Å². The van der Waals surface area contributed by atoms with Crippen molar-refractivity contribution in [2.24, 2.45) is 0 Å². The van der Waals surface area contributed by atoms with Gasteiger partial charge in [-0.2, -0.15) is 0 Å². The van der Waals surface area contributed by atoms with Crippen LogP contribution in [0.5, 0.6) is 0 Å². The quantitative estimate of drug-likeness (QED) is 0.506. The van der Waals surface area contributed by atoms with Crippen LogP contribution in [0.3, 0.4) is 0 Å². The maximum absolute atomic E-state index is 2.35. The van der Waals surface area contributed by atoms with Crippen molar-refractivity contribution in [2.45, 2.75) is 71.6 Å². The molecule has 0 amide bonds. The first kappa shape index (κ1) is 10.8. The van der Waals surface area contributed by atoms with E-state index in [1.807, 2.05) is 0 Å². The van der Waals surface area contributed by atoms with Gasteiger partial charge in [-0.05, 0) is 39.0 Å². The lowest BCUT2D eigenvalue weighted by molar-refractivity contribution is 0.573. The van der Waals surface area contributed by atoms with Crippen LogP contribution in [0.2, 0.25) is 0 Å². The number of rotatable bonds is 1. The monoisotopic (exact) mass is 180 g/mol. The topological polar surface area (TPSA) is 0 Å². The fraction of sp³-hybridized carbons (Fsp3) is 0.846. The Labute approximate surface area is 83.4 Å².